The molecule has 10 heteroatoms. The number of rotatable bonds is 7. The van der Waals surface area contributed by atoms with Crippen molar-refractivity contribution >= 4 is 35.4 Å². The minimum Gasteiger partial charge on any atom is -0.466 e. The summed E-state index contributed by atoms with van der Waals surface area (Å²) in [5.41, 5.74) is 1.53. The van der Waals surface area contributed by atoms with E-state index < -0.39 is 4.92 Å². The monoisotopic (exact) mass is 498 g/mol. The first kappa shape index (κ1) is 24.7. The third-order valence-electron chi connectivity index (χ3n) is 5.89. The van der Waals surface area contributed by atoms with Gasteiger partial charge in [0.05, 0.1) is 29.0 Å². The summed E-state index contributed by atoms with van der Waals surface area (Å²) in [6.07, 6.45) is 4.85. The topological polar surface area (TPSA) is 108 Å². The Balaban J connectivity index is 1.41. The Bertz CT molecular complexity index is 1140. The van der Waals surface area contributed by atoms with E-state index in [1.807, 2.05) is 12.1 Å². The normalized spacial score (nSPS) is 16.0. The molecule has 2 heterocycles. The Kier molecular flexibility index (Phi) is 8.04. The number of nitro groups is 1. The molecule has 0 aliphatic carbocycles. The van der Waals surface area contributed by atoms with Crippen molar-refractivity contribution in [2.24, 2.45) is 5.92 Å². The lowest BCUT2D eigenvalue weighted by Crippen LogP contribution is -2.39. The fourth-order valence-corrected chi connectivity index (χ4v) is 4.98. The number of esters is 1. The molecule has 2 aromatic carbocycles. The van der Waals surface area contributed by atoms with Crippen molar-refractivity contribution in [3.05, 3.63) is 63.7 Å². The predicted molar refractivity (Wildman–Crippen MR) is 129 cm³/mol. The maximum atomic E-state index is 12.6. The van der Waals surface area contributed by atoms with Gasteiger partial charge in [-0.25, -0.2) is 0 Å². The minimum atomic E-state index is -0.420. The van der Waals surface area contributed by atoms with E-state index in [0.717, 1.165) is 10.5 Å². The van der Waals surface area contributed by atoms with Gasteiger partial charge in [0, 0.05) is 42.1 Å². The van der Waals surface area contributed by atoms with Crippen LogP contribution in [0.4, 0.5) is 5.69 Å². The second-order valence-electron chi connectivity index (χ2n) is 8.20. The van der Waals surface area contributed by atoms with Crippen LogP contribution >= 0.6 is 11.8 Å². The smallest absolute Gasteiger partial charge is 0.309 e. The fraction of sp³-hybridized carbons (Fsp3) is 0.360. The van der Waals surface area contributed by atoms with Gasteiger partial charge in [-0.05, 0) is 55.7 Å². The number of carbonyl (C=O) groups is 2. The maximum absolute atomic E-state index is 12.6. The van der Waals surface area contributed by atoms with Gasteiger partial charge in [0.15, 0.2) is 5.75 Å². The van der Waals surface area contributed by atoms with Crippen molar-refractivity contribution in [1.82, 2.24) is 4.90 Å². The van der Waals surface area contributed by atoms with E-state index in [9.17, 15) is 19.7 Å². The van der Waals surface area contributed by atoms with Crippen molar-refractivity contribution < 1.29 is 29.0 Å². The predicted octanol–water partition coefficient (Wildman–Crippen LogP) is 4.43. The van der Waals surface area contributed by atoms with E-state index in [0.29, 0.717) is 61.8 Å². The van der Waals surface area contributed by atoms with Gasteiger partial charge in [-0.3, -0.25) is 19.7 Å². The molecule has 1 saturated heterocycles. The number of benzene rings is 2. The first-order valence-electron chi connectivity index (χ1n) is 11.5. The molecule has 2 aromatic rings. The Labute approximate surface area is 207 Å². The lowest BCUT2D eigenvalue weighted by Gasteiger charge is -2.30. The Morgan fingerprint density at radius 2 is 2.03 bits per heavy atom. The van der Waals surface area contributed by atoms with Crippen LogP contribution in [-0.4, -0.2) is 48.0 Å². The molecule has 0 bridgehead atoms. The molecule has 0 N–H and O–H groups in total. The molecule has 0 radical (unpaired) electrons. The number of piperidine rings is 1. The molecule has 35 heavy (non-hydrogen) atoms. The average molecular weight is 499 g/mol. The van der Waals surface area contributed by atoms with Crippen molar-refractivity contribution in [2.45, 2.75) is 36.0 Å². The highest BCUT2D eigenvalue weighted by Gasteiger charge is 2.27. The molecule has 0 aromatic heterocycles. The van der Waals surface area contributed by atoms with Crippen LogP contribution in [0.25, 0.3) is 6.08 Å². The van der Waals surface area contributed by atoms with Crippen LogP contribution in [0.1, 0.15) is 30.9 Å². The number of fused-ring (bicyclic) bond motifs is 1. The van der Waals surface area contributed by atoms with Crippen molar-refractivity contribution in [2.75, 3.05) is 26.3 Å². The van der Waals surface area contributed by atoms with E-state index in [-0.39, 0.29) is 23.5 Å². The highest BCUT2D eigenvalue weighted by atomic mass is 32.2. The molecule has 4 rings (SSSR count). The number of ether oxygens (including phenoxy) is 1. The average Bonchev–Trinajstić information content (AvgIpc) is 2.88. The van der Waals surface area contributed by atoms with E-state index in [1.165, 1.54) is 23.9 Å². The van der Waals surface area contributed by atoms with E-state index in [2.05, 4.69) is 0 Å². The van der Waals surface area contributed by atoms with Crippen molar-refractivity contribution in [3.63, 3.8) is 0 Å². The summed E-state index contributed by atoms with van der Waals surface area (Å²) in [7, 11) is 0. The molecule has 2 aliphatic heterocycles. The van der Waals surface area contributed by atoms with Gasteiger partial charge in [0.1, 0.15) is 0 Å². The van der Waals surface area contributed by atoms with E-state index in [4.69, 9.17) is 14.5 Å². The van der Waals surface area contributed by atoms with Gasteiger partial charge < -0.3 is 14.5 Å². The third-order valence-corrected chi connectivity index (χ3v) is 6.94. The first-order chi connectivity index (χ1) is 16.9. The van der Waals surface area contributed by atoms with Crippen LogP contribution in [0.2, 0.25) is 0 Å². The lowest BCUT2D eigenvalue weighted by molar-refractivity contribution is -0.387. The van der Waals surface area contributed by atoms with Crippen LogP contribution in [-0.2, 0) is 25.6 Å². The number of hydrogen-bond donors (Lipinski definition) is 0. The molecule has 2 aliphatic rings. The van der Waals surface area contributed by atoms with Gasteiger partial charge in [-0.15, -0.1) is 0 Å². The number of nitrogens with zero attached hydrogens (tertiary/aromatic N) is 2. The van der Waals surface area contributed by atoms with Crippen LogP contribution in [0, 0.1) is 16.0 Å². The van der Waals surface area contributed by atoms with Crippen LogP contribution in [0.15, 0.2) is 52.3 Å². The summed E-state index contributed by atoms with van der Waals surface area (Å²) >= 11 is 1.30. The summed E-state index contributed by atoms with van der Waals surface area (Å²) in [5.74, 6) is 0.0869. The number of hydrogen-bond acceptors (Lipinski definition) is 8. The first-order valence-corrected chi connectivity index (χ1v) is 12.3. The molecule has 1 fully saturated rings. The van der Waals surface area contributed by atoms with E-state index >= 15 is 0 Å². The molecule has 9 nitrogen and oxygen atoms in total. The second-order valence-corrected chi connectivity index (χ2v) is 9.31. The largest absolute Gasteiger partial charge is 0.466 e. The summed E-state index contributed by atoms with van der Waals surface area (Å²) in [4.78, 5) is 48.9. The molecule has 0 unspecified atom stereocenters. The zero-order valence-corrected chi connectivity index (χ0v) is 20.1. The SMILES string of the molecule is CCOC(=O)C1CCN(C(=O)C=Cc2ccc(Sc3ccc4c(c3)CCOO4)c([N+](=O)[O-])c2)CC1. The van der Waals surface area contributed by atoms with Gasteiger partial charge >= 0.3 is 5.97 Å². The summed E-state index contributed by atoms with van der Waals surface area (Å²) < 4.78 is 5.06. The standard InChI is InChI=1S/C25H26N2O7S/c1-2-32-25(29)18-9-12-26(13-10-18)24(28)8-4-17-3-7-23(21(15-17)27(30)31)35-20-5-6-22-19(16-20)11-14-33-34-22/h3-8,15-16,18H,2,9-14H2,1H3. The van der Waals surface area contributed by atoms with Gasteiger partial charge in [0.25, 0.3) is 5.69 Å². The molecule has 1 amide bonds. The molecular weight excluding hydrogens is 472 g/mol. The van der Waals surface area contributed by atoms with Crippen LogP contribution < -0.4 is 4.89 Å². The number of likely N-dealkylation sites (tertiary alicyclic amines) is 1. The quantitative estimate of drug-likeness (QED) is 0.181. The summed E-state index contributed by atoms with van der Waals surface area (Å²) in [5, 5.41) is 11.7. The number of carbonyl (C=O) groups excluding carboxylic acids is 2. The van der Waals surface area contributed by atoms with Gasteiger partial charge in [-0.1, -0.05) is 17.8 Å². The molecule has 184 valence electrons. The number of nitro benzene ring substituents is 1. The zero-order chi connectivity index (χ0) is 24.8. The van der Waals surface area contributed by atoms with Crippen molar-refractivity contribution in [3.8, 4) is 5.75 Å². The lowest BCUT2D eigenvalue weighted by atomic mass is 9.97. The maximum Gasteiger partial charge on any atom is 0.309 e. The second kappa shape index (κ2) is 11.4. The summed E-state index contributed by atoms with van der Waals surface area (Å²) in [6.45, 7) is 3.53. The van der Waals surface area contributed by atoms with Gasteiger partial charge in [-0.2, -0.15) is 4.89 Å². The Hall–Kier alpha value is -3.37. The summed E-state index contributed by atoms with van der Waals surface area (Å²) in [6, 6.07) is 10.5. The highest BCUT2D eigenvalue weighted by Crippen LogP contribution is 2.38. The molecule has 0 saturated carbocycles. The van der Waals surface area contributed by atoms with E-state index in [1.54, 1.807) is 36.1 Å². The molecule has 0 spiro atoms. The molecule has 0 atom stereocenters. The zero-order valence-electron chi connectivity index (χ0n) is 19.3. The Morgan fingerprint density at radius 3 is 2.77 bits per heavy atom. The van der Waals surface area contributed by atoms with Crippen LogP contribution in [0.3, 0.4) is 0 Å². The van der Waals surface area contributed by atoms with Crippen LogP contribution in [0.5, 0.6) is 5.75 Å². The fourth-order valence-electron chi connectivity index (χ4n) is 4.02. The minimum absolute atomic E-state index is 0.0304. The Morgan fingerprint density at radius 1 is 1.23 bits per heavy atom. The van der Waals surface area contributed by atoms with Gasteiger partial charge in [0.2, 0.25) is 5.91 Å². The third kappa shape index (κ3) is 6.20. The highest BCUT2D eigenvalue weighted by molar-refractivity contribution is 7.99. The number of amides is 1. The molecular formula is C25H26N2O7S. The van der Waals surface area contributed by atoms with Crippen molar-refractivity contribution in [1.29, 1.82) is 0 Å².